The van der Waals surface area contributed by atoms with Gasteiger partial charge in [-0.25, -0.2) is 0 Å². The summed E-state index contributed by atoms with van der Waals surface area (Å²) in [6.07, 6.45) is 0. The van der Waals surface area contributed by atoms with Gasteiger partial charge in [-0.1, -0.05) is 6.07 Å². The monoisotopic (exact) mass is 253 g/mol. The van der Waals surface area contributed by atoms with Crippen LogP contribution in [0.25, 0.3) is 0 Å². The van der Waals surface area contributed by atoms with E-state index in [0.29, 0.717) is 0 Å². The van der Waals surface area contributed by atoms with Gasteiger partial charge in [-0.05, 0) is 6.07 Å². The Morgan fingerprint density at radius 2 is 2.11 bits per heavy atom. The van der Waals surface area contributed by atoms with Crippen LogP contribution in [0.4, 0.5) is 5.69 Å². The van der Waals surface area contributed by atoms with Gasteiger partial charge in [-0.15, -0.1) is 0 Å². The van der Waals surface area contributed by atoms with E-state index in [2.05, 4.69) is 0 Å². The van der Waals surface area contributed by atoms with Crippen LogP contribution in [-0.4, -0.2) is 40.3 Å². The number of phenolic OH excluding ortho intramolecular Hbond substituents is 1. The molecule has 2 amide bonds. The highest BCUT2D eigenvalue weighted by Gasteiger charge is 2.23. The first-order chi connectivity index (χ1) is 8.34. The maximum atomic E-state index is 11.8. The van der Waals surface area contributed by atoms with Crippen LogP contribution >= 0.6 is 0 Å². The molecule has 0 aliphatic heterocycles. The number of primary amides is 1. The number of para-hydroxylation sites is 1. The highest BCUT2D eigenvalue weighted by atomic mass is 16.6. The molecule has 0 unspecified atom stereocenters. The van der Waals surface area contributed by atoms with Gasteiger partial charge in [0.15, 0.2) is 0 Å². The van der Waals surface area contributed by atoms with Crippen molar-refractivity contribution in [2.75, 3.05) is 13.6 Å². The quantitative estimate of drug-likeness (QED) is 0.570. The molecule has 0 aromatic heterocycles. The normalized spacial score (nSPS) is 9.83. The second-order valence-corrected chi connectivity index (χ2v) is 3.56. The van der Waals surface area contributed by atoms with Crippen molar-refractivity contribution >= 4 is 17.5 Å². The zero-order valence-electron chi connectivity index (χ0n) is 9.49. The van der Waals surface area contributed by atoms with Gasteiger partial charge in [-0.3, -0.25) is 19.7 Å². The first kappa shape index (κ1) is 13.4. The Labute approximate surface area is 102 Å². The van der Waals surface area contributed by atoms with E-state index in [1.807, 2.05) is 0 Å². The lowest BCUT2D eigenvalue weighted by Crippen LogP contribution is -2.35. The van der Waals surface area contributed by atoms with Crippen molar-refractivity contribution < 1.29 is 19.6 Å². The number of likely N-dealkylation sites (N-methyl/N-ethyl adjacent to an activating group) is 1. The van der Waals surface area contributed by atoms with Gasteiger partial charge in [0, 0.05) is 13.1 Å². The third-order valence-electron chi connectivity index (χ3n) is 2.18. The summed E-state index contributed by atoms with van der Waals surface area (Å²) in [6, 6.07) is 3.56. The number of phenols is 1. The second-order valence-electron chi connectivity index (χ2n) is 3.56. The number of carbonyl (C=O) groups excluding carboxylic acids is 2. The predicted octanol–water partition coefficient (Wildman–Crippen LogP) is -0.142. The molecule has 1 aromatic carbocycles. The molecule has 3 N–H and O–H groups in total. The maximum absolute atomic E-state index is 11.8. The minimum Gasteiger partial charge on any atom is -0.502 e. The van der Waals surface area contributed by atoms with Crippen molar-refractivity contribution in [3.63, 3.8) is 0 Å². The molecule has 0 saturated carbocycles. The molecule has 0 spiro atoms. The Morgan fingerprint density at radius 3 is 2.61 bits per heavy atom. The Balaban J connectivity index is 3.10. The van der Waals surface area contributed by atoms with Gasteiger partial charge in [-0.2, -0.15) is 0 Å². The zero-order valence-corrected chi connectivity index (χ0v) is 9.49. The molecule has 8 heteroatoms. The predicted molar refractivity (Wildman–Crippen MR) is 60.9 cm³/mol. The Hall–Kier alpha value is -2.64. The molecule has 0 aliphatic rings. The molecule has 0 fully saturated rings. The summed E-state index contributed by atoms with van der Waals surface area (Å²) in [5, 5.41) is 20.2. The van der Waals surface area contributed by atoms with E-state index in [-0.39, 0.29) is 12.1 Å². The number of carbonyl (C=O) groups is 2. The minimum atomic E-state index is -0.805. The fourth-order valence-electron chi connectivity index (χ4n) is 1.36. The highest BCUT2D eigenvalue weighted by molar-refractivity contribution is 5.99. The van der Waals surface area contributed by atoms with E-state index in [0.717, 1.165) is 11.0 Å². The lowest BCUT2D eigenvalue weighted by molar-refractivity contribution is -0.385. The number of aromatic hydroxyl groups is 1. The van der Waals surface area contributed by atoms with Gasteiger partial charge < -0.3 is 15.7 Å². The van der Waals surface area contributed by atoms with Gasteiger partial charge in [0.25, 0.3) is 5.91 Å². The minimum absolute atomic E-state index is 0.257. The number of nitro groups is 1. The summed E-state index contributed by atoms with van der Waals surface area (Å²) in [4.78, 5) is 33.2. The van der Waals surface area contributed by atoms with Crippen LogP contribution in [0.1, 0.15) is 10.4 Å². The second kappa shape index (κ2) is 5.13. The number of hydrogen-bond acceptors (Lipinski definition) is 5. The number of nitrogens with zero attached hydrogens (tertiary/aromatic N) is 2. The summed E-state index contributed by atoms with van der Waals surface area (Å²) in [6.45, 7) is -0.346. The van der Waals surface area contributed by atoms with Crippen LogP contribution in [0.3, 0.4) is 0 Å². The molecule has 18 heavy (non-hydrogen) atoms. The van der Waals surface area contributed by atoms with Gasteiger partial charge in [0.1, 0.15) is 0 Å². The Morgan fingerprint density at radius 1 is 1.50 bits per heavy atom. The van der Waals surface area contributed by atoms with Crippen LogP contribution in [0.2, 0.25) is 0 Å². The Bertz CT molecular complexity index is 514. The third kappa shape index (κ3) is 2.73. The summed E-state index contributed by atoms with van der Waals surface area (Å²) in [5.74, 6) is -2.19. The molecule has 1 rings (SSSR count). The van der Waals surface area contributed by atoms with Gasteiger partial charge in [0.2, 0.25) is 11.7 Å². The maximum Gasteiger partial charge on any atom is 0.311 e. The Kier molecular flexibility index (Phi) is 3.82. The van der Waals surface area contributed by atoms with Crippen LogP contribution in [0.15, 0.2) is 18.2 Å². The third-order valence-corrected chi connectivity index (χ3v) is 2.18. The van der Waals surface area contributed by atoms with E-state index < -0.39 is 28.2 Å². The SMILES string of the molecule is CN(CC(N)=O)C(=O)c1cccc([N+](=O)[O-])c1O. The topological polar surface area (TPSA) is 127 Å². The van der Waals surface area contributed by atoms with E-state index in [1.54, 1.807) is 0 Å². The fourth-order valence-corrected chi connectivity index (χ4v) is 1.36. The number of nitro benzene ring substituents is 1. The molecule has 0 saturated heterocycles. The largest absolute Gasteiger partial charge is 0.502 e. The van der Waals surface area contributed by atoms with E-state index in [1.165, 1.54) is 19.2 Å². The molecule has 0 radical (unpaired) electrons. The first-order valence-corrected chi connectivity index (χ1v) is 4.84. The molecular formula is C10H11N3O5. The van der Waals surface area contributed by atoms with E-state index >= 15 is 0 Å². The molecule has 0 atom stereocenters. The number of hydrogen-bond donors (Lipinski definition) is 2. The van der Waals surface area contributed by atoms with Crippen molar-refractivity contribution in [1.82, 2.24) is 4.90 Å². The smallest absolute Gasteiger partial charge is 0.311 e. The average Bonchev–Trinajstić information content (AvgIpc) is 2.27. The van der Waals surface area contributed by atoms with Crippen LogP contribution in [-0.2, 0) is 4.79 Å². The number of rotatable bonds is 4. The molecule has 0 aliphatic carbocycles. The standard InChI is InChI=1S/C10H11N3O5/c1-12(5-8(11)14)10(16)6-3-2-4-7(9(6)15)13(17)18/h2-4,15H,5H2,1H3,(H2,11,14). The summed E-state index contributed by atoms with van der Waals surface area (Å²) in [7, 11) is 1.30. The molecule has 0 bridgehead atoms. The van der Waals surface area contributed by atoms with Crippen LogP contribution in [0, 0.1) is 10.1 Å². The van der Waals surface area contributed by atoms with Crippen LogP contribution < -0.4 is 5.73 Å². The number of benzene rings is 1. The van der Waals surface area contributed by atoms with Crippen molar-refractivity contribution in [2.45, 2.75) is 0 Å². The fraction of sp³-hybridized carbons (Fsp3) is 0.200. The summed E-state index contributed by atoms with van der Waals surface area (Å²) >= 11 is 0. The average molecular weight is 253 g/mol. The number of amides is 2. The first-order valence-electron chi connectivity index (χ1n) is 4.84. The van der Waals surface area contributed by atoms with Crippen molar-refractivity contribution in [3.05, 3.63) is 33.9 Å². The lowest BCUT2D eigenvalue weighted by atomic mass is 10.1. The molecule has 1 aromatic rings. The summed E-state index contributed by atoms with van der Waals surface area (Å²) in [5.41, 5.74) is 4.09. The molecular weight excluding hydrogens is 242 g/mol. The van der Waals surface area contributed by atoms with Gasteiger partial charge >= 0.3 is 5.69 Å². The van der Waals surface area contributed by atoms with E-state index in [9.17, 15) is 24.8 Å². The summed E-state index contributed by atoms with van der Waals surface area (Å²) < 4.78 is 0. The van der Waals surface area contributed by atoms with Gasteiger partial charge in [0.05, 0.1) is 17.0 Å². The van der Waals surface area contributed by atoms with E-state index in [4.69, 9.17) is 5.73 Å². The van der Waals surface area contributed by atoms with Crippen LogP contribution in [0.5, 0.6) is 5.75 Å². The lowest BCUT2D eigenvalue weighted by Gasteiger charge is -2.15. The van der Waals surface area contributed by atoms with Crippen molar-refractivity contribution in [2.24, 2.45) is 5.73 Å². The van der Waals surface area contributed by atoms with Crippen molar-refractivity contribution in [3.8, 4) is 5.75 Å². The molecule has 0 heterocycles. The molecule has 96 valence electrons. The molecule has 8 nitrogen and oxygen atoms in total. The zero-order chi connectivity index (χ0) is 13.9. The number of nitrogens with two attached hydrogens (primary N) is 1. The van der Waals surface area contributed by atoms with Crippen molar-refractivity contribution in [1.29, 1.82) is 0 Å². The highest BCUT2D eigenvalue weighted by Crippen LogP contribution is 2.29.